The van der Waals surface area contributed by atoms with Gasteiger partial charge in [-0.1, -0.05) is 12.1 Å². The van der Waals surface area contributed by atoms with Crippen LogP contribution in [0.2, 0.25) is 0 Å². The molecule has 108 valence electrons. The molecule has 21 heavy (non-hydrogen) atoms. The van der Waals surface area contributed by atoms with Crippen molar-refractivity contribution in [2.24, 2.45) is 0 Å². The maximum atomic E-state index is 13.7. The van der Waals surface area contributed by atoms with Crippen LogP contribution in [0, 0.1) is 5.82 Å². The fourth-order valence-corrected chi connectivity index (χ4v) is 2.57. The molecule has 4 nitrogen and oxygen atoms in total. The van der Waals surface area contributed by atoms with Crippen LogP contribution in [0.25, 0.3) is 11.0 Å². The molecule has 1 aromatic carbocycles. The number of halogens is 1. The number of imidazole rings is 1. The number of aliphatic hydroxyl groups is 1. The largest absolute Gasteiger partial charge is 0.388 e. The third-order valence-corrected chi connectivity index (χ3v) is 3.59. The lowest BCUT2D eigenvalue weighted by molar-refractivity contribution is 0.170. The molecule has 5 heteroatoms. The van der Waals surface area contributed by atoms with Gasteiger partial charge in [0.1, 0.15) is 11.6 Å². The molecular weight excluding hydrogens is 269 g/mol. The zero-order valence-electron chi connectivity index (χ0n) is 11.7. The molecule has 3 aromatic rings. The van der Waals surface area contributed by atoms with E-state index in [1.54, 1.807) is 0 Å². The van der Waals surface area contributed by atoms with E-state index in [1.165, 1.54) is 12.3 Å². The van der Waals surface area contributed by atoms with Crippen LogP contribution in [-0.2, 0) is 13.0 Å². The molecule has 1 unspecified atom stereocenters. The number of hydrogen-bond acceptors (Lipinski definition) is 3. The lowest BCUT2D eigenvalue weighted by Crippen LogP contribution is -2.10. The van der Waals surface area contributed by atoms with Crippen LogP contribution >= 0.6 is 0 Å². The molecule has 0 bridgehead atoms. The zero-order valence-corrected chi connectivity index (χ0v) is 11.7. The third-order valence-electron chi connectivity index (χ3n) is 3.59. The monoisotopic (exact) mass is 285 g/mol. The average molecular weight is 285 g/mol. The van der Waals surface area contributed by atoms with E-state index in [0.717, 1.165) is 29.6 Å². The number of fused-ring (bicyclic) bond motifs is 1. The highest BCUT2D eigenvalue weighted by Gasteiger charge is 2.17. The van der Waals surface area contributed by atoms with Crippen LogP contribution in [-0.4, -0.2) is 19.6 Å². The van der Waals surface area contributed by atoms with Crippen molar-refractivity contribution >= 4 is 11.0 Å². The van der Waals surface area contributed by atoms with Gasteiger partial charge in [-0.05, 0) is 25.1 Å². The van der Waals surface area contributed by atoms with Gasteiger partial charge in [0.25, 0.3) is 0 Å². The van der Waals surface area contributed by atoms with E-state index in [9.17, 15) is 9.50 Å². The number of nitrogens with zero attached hydrogens (tertiary/aromatic N) is 3. The van der Waals surface area contributed by atoms with Gasteiger partial charge in [-0.25, -0.2) is 9.37 Å². The Morgan fingerprint density at radius 2 is 2.10 bits per heavy atom. The second kappa shape index (κ2) is 5.61. The topological polar surface area (TPSA) is 50.9 Å². The van der Waals surface area contributed by atoms with Gasteiger partial charge in [-0.2, -0.15) is 0 Å². The lowest BCUT2D eigenvalue weighted by atomic mass is 10.1. The number of pyridine rings is 1. The predicted octanol–water partition coefficient (Wildman–Crippen LogP) is 2.87. The number of para-hydroxylation sites is 2. The Labute approximate surface area is 121 Å². The lowest BCUT2D eigenvalue weighted by Gasteiger charge is -2.12. The molecule has 0 fully saturated rings. The molecule has 0 aliphatic carbocycles. The van der Waals surface area contributed by atoms with Gasteiger partial charge in [0, 0.05) is 24.7 Å². The average Bonchev–Trinajstić information content (AvgIpc) is 2.84. The summed E-state index contributed by atoms with van der Waals surface area (Å²) in [5.74, 6) is 0.256. The molecule has 0 aliphatic heterocycles. The summed E-state index contributed by atoms with van der Waals surface area (Å²) in [5, 5.41) is 10.3. The Kier molecular flexibility index (Phi) is 3.66. The maximum Gasteiger partial charge on any atom is 0.147 e. The fourth-order valence-electron chi connectivity index (χ4n) is 2.57. The van der Waals surface area contributed by atoms with Gasteiger partial charge in [0.05, 0.1) is 23.3 Å². The normalized spacial score (nSPS) is 12.7. The Morgan fingerprint density at radius 1 is 1.29 bits per heavy atom. The second-order valence-corrected chi connectivity index (χ2v) is 4.88. The van der Waals surface area contributed by atoms with E-state index in [4.69, 9.17) is 0 Å². The standard InChI is InChI=1S/C16H16FN3O/c1-2-20-14-6-4-3-5-13(14)19-16(20)9-15(21)11-7-8-18-10-12(11)17/h3-8,10,15,21H,2,9H2,1H3. The highest BCUT2D eigenvalue weighted by Crippen LogP contribution is 2.23. The van der Waals surface area contributed by atoms with Crippen molar-refractivity contribution < 1.29 is 9.50 Å². The molecule has 1 atom stereocenters. The molecule has 0 radical (unpaired) electrons. The summed E-state index contributed by atoms with van der Waals surface area (Å²) >= 11 is 0. The number of aromatic nitrogens is 3. The molecule has 2 heterocycles. The minimum atomic E-state index is -0.935. The van der Waals surface area contributed by atoms with E-state index < -0.39 is 11.9 Å². The van der Waals surface area contributed by atoms with E-state index >= 15 is 0 Å². The smallest absolute Gasteiger partial charge is 0.147 e. The van der Waals surface area contributed by atoms with Crippen LogP contribution in [0.15, 0.2) is 42.7 Å². The van der Waals surface area contributed by atoms with Gasteiger partial charge in [0.15, 0.2) is 0 Å². The molecule has 0 spiro atoms. The fraction of sp³-hybridized carbons (Fsp3) is 0.250. The molecule has 2 aromatic heterocycles. The molecule has 0 saturated heterocycles. The third kappa shape index (κ3) is 2.52. The Bertz CT molecular complexity index is 769. The highest BCUT2D eigenvalue weighted by molar-refractivity contribution is 5.75. The first-order valence-electron chi connectivity index (χ1n) is 6.92. The maximum absolute atomic E-state index is 13.7. The zero-order chi connectivity index (χ0) is 14.8. The highest BCUT2D eigenvalue weighted by atomic mass is 19.1. The van der Waals surface area contributed by atoms with E-state index in [1.807, 2.05) is 35.8 Å². The molecular formula is C16H16FN3O. The number of benzene rings is 1. The van der Waals surface area contributed by atoms with E-state index in [0.29, 0.717) is 0 Å². The van der Waals surface area contributed by atoms with Crippen molar-refractivity contribution in [2.45, 2.75) is 26.0 Å². The van der Waals surface area contributed by atoms with Crippen molar-refractivity contribution in [3.05, 3.63) is 59.9 Å². The van der Waals surface area contributed by atoms with Crippen LogP contribution in [0.4, 0.5) is 4.39 Å². The summed E-state index contributed by atoms with van der Waals surface area (Å²) in [6, 6.07) is 9.31. The van der Waals surface area contributed by atoms with Gasteiger partial charge in [-0.3, -0.25) is 4.98 Å². The van der Waals surface area contributed by atoms with Gasteiger partial charge in [-0.15, -0.1) is 0 Å². The summed E-state index contributed by atoms with van der Waals surface area (Å²) in [7, 11) is 0. The first-order valence-corrected chi connectivity index (χ1v) is 6.92. The van der Waals surface area contributed by atoms with Crippen LogP contribution in [0.5, 0.6) is 0 Å². The molecule has 1 N–H and O–H groups in total. The Balaban J connectivity index is 1.96. The van der Waals surface area contributed by atoms with Crippen molar-refractivity contribution in [2.75, 3.05) is 0 Å². The van der Waals surface area contributed by atoms with Crippen LogP contribution < -0.4 is 0 Å². The number of aryl methyl sites for hydroxylation is 1. The molecule has 0 saturated carbocycles. The Hall–Kier alpha value is -2.27. The second-order valence-electron chi connectivity index (χ2n) is 4.88. The summed E-state index contributed by atoms with van der Waals surface area (Å²) < 4.78 is 15.7. The van der Waals surface area contributed by atoms with E-state index in [2.05, 4.69) is 9.97 Å². The van der Waals surface area contributed by atoms with Gasteiger partial charge < -0.3 is 9.67 Å². The van der Waals surface area contributed by atoms with Gasteiger partial charge >= 0.3 is 0 Å². The van der Waals surface area contributed by atoms with Crippen LogP contribution in [0.3, 0.4) is 0 Å². The summed E-state index contributed by atoms with van der Waals surface area (Å²) in [6.45, 7) is 2.78. The minimum Gasteiger partial charge on any atom is -0.388 e. The summed E-state index contributed by atoms with van der Waals surface area (Å²) in [5.41, 5.74) is 2.16. The first-order chi connectivity index (χ1) is 10.2. The molecule has 3 rings (SSSR count). The van der Waals surface area contributed by atoms with Crippen LogP contribution in [0.1, 0.15) is 24.4 Å². The summed E-state index contributed by atoms with van der Waals surface area (Å²) in [4.78, 5) is 8.24. The Morgan fingerprint density at radius 3 is 2.86 bits per heavy atom. The van der Waals surface area contributed by atoms with Gasteiger partial charge in [0.2, 0.25) is 0 Å². The molecule has 0 aliphatic rings. The number of rotatable bonds is 4. The number of aliphatic hydroxyl groups excluding tert-OH is 1. The first kappa shape index (κ1) is 13.7. The van der Waals surface area contributed by atoms with E-state index in [-0.39, 0.29) is 12.0 Å². The quantitative estimate of drug-likeness (QED) is 0.802. The van der Waals surface area contributed by atoms with Crippen molar-refractivity contribution in [1.29, 1.82) is 0 Å². The SMILES string of the molecule is CCn1c(CC(O)c2ccncc2F)nc2ccccc21. The molecule has 0 amide bonds. The van der Waals surface area contributed by atoms with Crippen molar-refractivity contribution in [1.82, 2.24) is 14.5 Å². The van der Waals surface area contributed by atoms with Crippen molar-refractivity contribution in [3.63, 3.8) is 0 Å². The minimum absolute atomic E-state index is 0.250. The summed E-state index contributed by atoms with van der Waals surface area (Å²) in [6.07, 6.45) is 1.92. The van der Waals surface area contributed by atoms with Crippen molar-refractivity contribution in [3.8, 4) is 0 Å². The number of hydrogen-bond donors (Lipinski definition) is 1. The predicted molar refractivity (Wildman–Crippen MR) is 78.3 cm³/mol.